The second-order valence-corrected chi connectivity index (χ2v) is 6.88. The summed E-state index contributed by atoms with van der Waals surface area (Å²) >= 11 is 0. The van der Waals surface area contributed by atoms with E-state index in [1.165, 1.54) is 0 Å². The lowest BCUT2D eigenvalue weighted by atomic mass is 10.0. The molecular formula is C23H21N3O3. The summed E-state index contributed by atoms with van der Waals surface area (Å²) in [6, 6.07) is 15.6. The van der Waals surface area contributed by atoms with Gasteiger partial charge in [-0.1, -0.05) is 42.8 Å². The second-order valence-electron chi connectivity index (χ2n) is 6.88. The molecule has 0 atom stereocenters. The molecule has 6 nitrogen and oxygen atoms in total. The molecule has 0 spiro atoms. The highest BCUT2D eigenvalue weighted by Crippen LogP contribution is 2.25. The Morgan fingerprint density at radius 1 is 1.07 bits per heavy atom. The first-order chi connectivity index (χ1) is 14.1. The summed E-state index contributed by atoms with van der Waals surface area (Å²) in [4.78, 5) is 17.5. The number of hydrogen-bond acceptors (Lipinski definition) is 6. The van der Waals surface area contributed by atoms with E-state index in [4.69, 9.17) is 9.15 Å². The molecule has 0 fully saturated rings. The lowest BCUT2D eigenvalue weighted by Crippen LogP contribution is -2.12. The summed E-state index contributed by atoms with van der Waals surface area (Å²) in [7, 11) is 0. The maximum Gasteiger partial charge on any atom is 0.340 e. The molecule has 6 heteroatoms. The van der Waals surface area contributed by atoms with Crippen LogP contribution in [0.1, 0.15) is 40.0 Å². The number of aryl methyl sites for hydroxylation is 3. The maximum atomic E-state index is 12.8. The van der Waals surface area contributed by atoms with Gasteiger partial charge in [0.1, 0.15) is 0 Å². The predicted molar refractivity (Wildman–Crippen MR) is 109 cm³/mol. The fourth-order valence-corrected chi connectivity index (χ4v) is 3.37. The van der Waals surface area contributed by atoms with Crippen molar-refractivity contribution in [1.29, 1.82) is 0 Å². The summed E-state index contributed by atoms with van der Waals surface area (Å²) in [6.45, 7) is 5.79. The lowest BCUT2D eigenvalue weighted by Gasteiger charge is -2.12. The minimum absolute atomic E-state index is 0.0902. The van der Waals surface area contributed by atoms with Gasteiger partial charge >= 0.3 is 5.97 Å². The lowest BCUT2D eigenvalue weighted by molar-refractivity contribution is 0.0436. The van der Waals surface area contributed by atoms with Crippen molar-refractivity contribution in [3.05, 3.63) is 76.8 Å². The van der Waals surface area contributed by atoms with E-state index in [0.29, 0.717) is 17.9 Å². The van der Waals surface area contributed by atoms with E-state index >= 15 is 0 Å². The van der Waals surface area contributed by atoms with Crippen molar-refractivity contribution in [3.63, 3.8) is 0 Å². The molecule has 2 aromatic carbocycles. The van der Waals surface area contributed by atoms with Gasteiger partial charge in [-0.15, -0.1) is 10.2 Å². The average Bonchev–Trinajstić information content (AvgIpc) is 3.21. The number of aromatic nitrogens is 3. The Labute approximate surface area is 168 Å². The molecule has 4 rings (SSSR count). The first kappa shape index (κ1) is 18.8. The predicted octanol–water partition coefficient (Wildman–Crippen LogP) is 4.82. The molecule has 2 heterocycles. The van der Waals surface area contributed by atoms with Crippen molar-refractivity contribution in [2.24, 2.45) is 0 Å². The smallest absolute Gasteiger partial charge is 0.340 e. The van der Waals surface area contributed by atoms with Crippen LogP contribution in [0.5, 0.6) is 0 Å². The summed E-state index contributed by atoms with van der Waals surface area (Å²) in [5, 5.41) is 8.98. The van der Waals surface area contributed by atoms with Gasteiger partial charge in [-0.2, -0.15) is 0 Å². The van der Waals surface area contributed by atoms with Gasteiger partial charge < -0.3 is 9.15 Å². The normalized spacial score (nSPS) is 11.0. The van der Waals surface area contributed by atoms with Crippen molar-refractivity contribution in [2.75, 3.05) is 0 Å². The fourth-order valence-electron chi connectivity index (χ4n) is 3.37. The Kier molecular flexibility index (Phi) is 5.08. The van der Waals surface area contributed by atoms with E-state index < -0.39 is 5.97 Å². The molecule has 0 aliphatic carbocycles. The van der Waals surface area contributed by atoms with Crippen molar-refractivity contribution in [1.82, 2.24) is 15.2 Å². The monoisotopic (exact) mass is 387 g/mol. The van der Waals surface area contributed by atoms with Gasteiger partial charge in [0.15, 0.2) is 6.61 Å². The number of fused-ring (bicyclic) bond motifs is 1. The molecule has 0 N–H and O–H groups in total. The molecule has 0 saturated carbocycles. The van der Waals surface area contributed by atoms with Crippen LogP contribution in [-0.2, 0) is 17.8 Å². The third-order valence-electron chi connectivity index (χ3n) is 4.82. The molecule has 0 saturated heterocycles. The summed E-state index contributed by atoms with van der Waals surface area (Å²) in [5.41, 5.74) is 4.89. The van der Waals surface area contributed by atoms with Gasteiger partial charge in [0.25, 0.3) is 5.89 Å². The van der Waals surface area contributed by atoms with Gasteiger partial charge in [0.05, 0.1) is 16.8 Å². The Morgan fingerprint density at radius 2 is 1.90 bits per heavy atom. The van der Waals surface area contributed by atoms with Crippen LogP contribution in [0.25, 0.3) is 22.4 Å². The third kappa shape index (κ3) is 3.74. The standard InChI is InChI=1S/C23H21N3O3/c1-4-18-21(15(3)17-10-5-6-11-19(17)24-18)23(27)28-13-20-25-26-22(29-20)16-9-7-8-14(2)12-16/h5-12H,4,13H2,1-3H3. The van der Waals surface area contributed by atoms with Crippen LogP contribution in [0.15, 0.2) is 52.9 Å². The topological polar surface area (TPSA) is 78.1 Å². The SMILES string of the molecule is CCc1nc2ccccc2c(C)c1C(=O)OCc1nnc(-c2cccc(C)c2)o1. The number of nitrogens with zero attached hydrogens (tertiary/aromatic N) is 3. The number of esters is 1. The van der Waals surface area contributed by atoms with E-state index in [0.717, 1.165) is 33.3 Å². The highest BCUT2D eigenvalue weighted by molar-refractivity contribution is 5.98. The molecule has 4 aromatic rings. The first-order valence-electron chi connectivity index (χ1n) is 9.51. The van der Waals surface area contributed by atoms with Gasteiger partial charge in [-0.3, -0.25) is 4.98 Å². The van der Waals surface area contributed by atoms with Crippen molar-refractivity contribution < 1.29 is 13.9 Å². The van der Waals surface area contributed by atoms with Crippen molar-refractivity contribution >= 4 is 16.9 Å². The van der Waals surface area contributed by atoms with Crippen molar-refractivity contribution in [2.45, 2.75) is 33.8 Å². The molecule has 0 bridgehead atoms. The molecule has 0 unspecified atom stereocenters. The quantitative estimate of drug-likeness (QED) is 0.457. The van der Waals surface area contributed by atoms with E-state index in [1.54, 1.807) is 0 Å². The average molecular weight is 387 g/mol. The Morgan fingerprint density at radius 3 is 2.69 bits per heavy atom. The van der Waals surface area contributed by atoms with Crippen LogP contribution in [0, 0.1) is 13.8 Å². The second kappa shape index (κ2) is 7.83. The first-order valence-corrected chi connectivity index (χ1v) is 9.51. The summed E-state index contributed by atoms with van der Waals surface area (Å²) < 4.78 is 11.1. The number of hydrogen-bond donors (Lipinski definition) is 0. The molecule has 0 aliphatic heterocycles. The molecule has 0 amide bonds. The number of para-hydroxylation sites is 1. The molecule has 0 aliphatic rings. The number of carbonyl (C=O) groups is 1. The number of rotatable bonds is 5. The van der Waals surface area contributed by atoms with Crippen LogP contribution in [0.2, 0.25) is 0 Å². The van der Waals surface area contributed by atoms with E-state index in [2.05, 4.69) is 15.2 Å². The van der Waals surface area contributed by atoms with Gasteiger partial charge in [0, 0.05) is 10.9 Å². The Hall–Kier alpha value is -3.54. The van der Waals surface area contributed by atoms with Crippen LogP contribution in [0.3, 0.4) is 0 Å². The van der Waals surface area contributed by atoms with Crippen LogP contribution < -0.4 is 0 Å². The summed E-state index contributed by atoms with van der Waals surface area (Å²) in [6.07, 6.45) is 0.633. The third-order valence-corrected chi connectivity index (χ3v) is 4.82. The molecule has 146 valence electrons. The van der Waals surface area contributed by atoms with Crippen LogP contribution in [-0.4, -0.2) is 21.2 Å². The van der Waals surface area contributed by atoms with E-state index in [1.807, 2.05) is 69.3 Å². The summed E-state index contributed by atoms with van der Waals surface area (Å²) in [5.74, 6) is 0.213. The number of ether oxygens (including phenoxy) is 1. The highest BCUT2D eigenvalue weighted by Gasteiger charge is 2.20. The minimum atomic E-state index is -0.437. The minimum Gasteiger partial charge on any atom is -0.452 e. The molecule has 0 radical (unpaired) electrons. The zero-order valence-corrected chi connectivity index (χ0v) is 16.6. The van der Waals surface area contributed by atoms with Crippen LogP contribution >= 0.6 is 0 Å². The maximum absolute atomic E-state index is 12.8. The van der Waals surface area contributed by atoms with Gasteiger partial charge in [0.2, 0.25) is 5.89 Å². The fraction of sp³-hybridized carbons (Fsp3) is 0.217. The largest absolute Gasteiger partial charge is 0.452 e. The van der Waals surface area contributed by atoms with Gasteiger partial charge in [-0.05, 0) is 44.0 Å². The number of benzene rings is 2. The van der Waals surface area contributed by atoms with E-state index in [9.17, 15) is 4.79 Å². The number of carbonyl (C=O) groups excluding carboxylic acids is 1. The zero-order chi connectivity index (χ0) is 20.4. The molecule has 29 heavy (non-hydrogen) atoms. The zero-order valence-electron chi connectivity index (χ0n) is 16.6. The number of pyridine rings is 1. The Balaban J connectivity index is 1.56. The Bertz CT molecular complexity index is 1200. The molecule has 2 aromatic heterocycles. The molecular weight excluding hydrogens is 366 g/mol. The highest BCUT2D eigenvalue weighted by atomic mass is 16.5. The van der Waals surface area contributed by atoms with Gasteiger partial charge in [-0.25, -0.2) is 4.79 Å². The van der Waals surface area contributed by atoms with E-state index in [-0.39, 0.29) is 12.5 Å². The van der Waals surface area contributed by atoms with Crippen LogP contribution in [0.4, 0.5) is 0 Å². The van der Waals surface area contributed by atoms with Crippen molar-refractivity contribution in [3.8, 4) is 11.5 Å².